The first-order chi connectivity index (χ1) is 5.15. The van der Waals surface area contributed by atoms with Gasteiger partial charge < -0.3 is 0 Å². The molecule has 0 aliphatic carbocycles. The first-order valence-corrected chi connectivity index (χ1v) is 2.88. The fraction of sp³-hybridized carbons (Fsp3) is 0.200. The van der Waals surface area contributed by atoms with Gasteiger partial charge in [0, 0.05) is 11.8 Å². The third-order valence-electron chi connectivity index (χ3n) is 1.23. The van der Waals surface area contributed by atoms with Crippen LogP contribution in [0.1, 0.15) is 5.56 Å². The summed E-state index contributed by atoms with van der Waals surface area (Å²) in [6, 6.07) is 0. The van der Waals surface area contributed by atoms with Crippen LogP contribution >= 0.6 is 0 Å². The average Bonchev–Trinajstić information content (AvgIpc) is 1.97. The molecule has 11 heavy (non-hydrogen) atoms. The molecule has 6 nitrogen and oxygen atoms in total. The highest BCUT2D eigenvalue weighted by atomic mass is 16.5. The van der Waals surface area contributed by atoms with Crippen LogP contribution in [0.2, 0.25) is 0 Å². The third-order valence-corrected chi connectivity index (χ3v) is 1.23. The number of aryl methyl sites for hydroxylation is 1. The second-order valence-electron chi connectivity index (χ2n) is 2.04. The van der Waals surface area contributed by atoms with E-state index in [2.05, 4.69) is 0 Å². The number of rotatable bonds is 1. The molecule has 6 heteroatoms. The lowest BCUT2D eigenvalue weighted by atomic mass is 10.4. The predicted octanol–water partition coefficient (Wildman–Crippen LogP) is -1.22. The average molecular weight is 157 g/mol. The van der Waals surface area contributed by atoms with Crippen LogP contribution in [0.3, 0.4) is 0 Å². The summed E-state index contributed by atoms with van der Waals surface area (Å²) in [5, 5.41) is 8.32. The molecule has 0 saturated heterocycles. The molecular formula is C5H7N3O3. The summed E-state index contributed by atoms with van der Waals surface area (Å²) in [6.07, 6.45) is 1.20. The molecule has 0 saturated carbocycles. The summed E-state index contributed by atoms with van der Waals surface area (Å²) < 4.78 is 0.761. The molecule has 0 aromatic carbocycles. The minimum absolute atomic E-state index is 0.339. The van der Waals surface area contributed by atoms with Gasteiger partial charge in [-0.3, -0.25) is 15.0 Å². The van der Waals surface area contributed by atoms with Crippen LogP contribution < -0.4 is 16.8 Å². The van der Waals surface area contributed by atoms with Crippen LogP contribution in [-0.2, 0) is 0 Å². The monoisotopic (exact) mass is 157 g/mol. The number of nitrogens with one attached hydrogen (secondary N) is 2. The van der Waals surface area contributed by atoms with Gasteiger partial charge in [-0.1, -0.05) is 0 Å². The van der Waals surface area contributed by atoms with E-state index in [0.29, 0.717) is 5.56 Å². The van der Waals surface area contributed by atoms with Gasteiger partial charge in [-0.25, -0.2) is 10.4 Å². The second-order valence-corrected chi connectivity index (χ2v) is 2.04. The van der Waals surface area contributed by atoms with Crippen molar-refractivity contribution < 1.29 is 5.21 Å². The Morgan fingerprint density at radius 1 is 1.64 bits per heavy atom. The van der Waals surface area contributed by atoms with E-state index < -0.39 is 11.2 Å². The largest absolute Gasteiger partial charge is 0.348 e. The summed E-state index contributed by atoms with van der Waals surface area (Å²) in [5.74, 6) is 0. The van der Waals surface area contributed by atoms with Gasteiger partial charge in [0.15, 0.2) is 0 Å². The molecule has 0 bridgehead atoms. The minimum atomic E-state index is -0.705. The summed E-state index contributed by atoms with van der Waals surface area (Å²) in [7, 11) is 0. The van der Waals surface area contributed by atoms with Crippen molar-refractivity contribution in [2.24, 2.45) is 0 Å². The van der Waals surface area contributed by atoms with Gasteiger partial charge in [-0.2, -0.15) is 4.68 Å². The fourth-order valence-electron chi connectivity index (χ4n) is 0.641. The third kappa shape index (κ3) is 1.30. The van der Waals surface area contributed by atoms with Crippen LogP contribution in [0.5, 0.6) is 0 Å². The minimum Gasteiger partial charge on any atom is -0.275 e. The van der Waals surface area contributed by atoms with Crippen molar-refractivity contribution >= 4 is 0 Å². The molecule has 0 amide bonds. The number of hydrogen-bond acceptors (Lipinski definition) is 4. The first-order valence-electron chi connectivity index (χ1n) is 2.88. The molecular weight excluding hydrogens is 150 g/mol. The lowest BCUT2D eigenvalue weighted by Crippen LogP contribution is -2.34. The Bertz CT molecular complexity index is 364. The summed E-state index contributed by atoms with van der Waals surface area (Å²) >= 11 is 0. The molecule has 60 valence electrons. The van der Waals surface area contributed by atoms with E-state index >= 15 is 0 Å². The van der Waals surface area contributed by atoms with Crippen LogP contribution in [0.15, 0.2) is 15.8 Å². The van der Waals surface area contributed by atoms with E-state index in [1.807, 2.05) is 4.98 Å². The Hall–Kier alpha value is -1.56. The van der Waals surface area contributed by atoms with Crippen LogP contribution in [0, 0.1) is 6.92 Å². The highest BCUT2D eigenvalue weighted by Gasteiger charge is 1.97. The number of nitrogens with zero attached hydrogens (tertiary/aromatic N) is 1. The first kappa shape index (κ1) is 7.55. The molecule has 0 aliphatic heterocycles. The highest BCUT2D eigenvalue weighted by Crippen LogP contribution is 1.78. The Morgan fingerprint density at radius 2 is 2.27 bits per heavy atom. The summed E-state index contributed by atoms with van der Waals surface area (Å²) in [6.45, 7) is 1.52. The maximum absolute atomic E-state index is 10.7. The molecule has 0 spiro atoms. The molecule has 0 unspecified atom stereocenters. The molecule has 1 rings (SSSR count). The molecule has 0 aliphatic rings. The predicted molar refractivity (Wildman–Crippen MR) is 37.2 cm³/mol. The Labute approximate surface area is 61.0 Å². The van der Waals surface area contributed by atoms with Crippen molar-refractivity contribution in [3.8, 4) is 0 Å². The van der Waals surface area contributed by atoms with Crippen LogP contribution in [0.4, 0.5) is 0 Å². The lowest BCUT2D eigenvalue weighted by molar-refractivity contribution is 0.310. The standard InChI is InChI=1S/C5H7N3O3/c1-3-2-8(7-11)5(10)6-4(3)9/h2,7,11H,1H3,(H,6,9,10). The van der Waals surface area contributed by atoms with Gasteiger partial charge in [0.05, 0.1) is 0 Å². The SMILES string of the molecule is Cc1cn(NO)c(=O)[nH]c1=O. The van der Waals surface area contributed by atoms with Gasteiger partial charge in [0.1, 0.15) is 0 Å². The molecule has 1 aromatic heterocycles. The molecule has 0 atom stereocenters. The van der Waals surface area contributed by atoms with Gasteiger partial charge in [0.2, 0.25) is 0 Å². The van der Waals surface area contributed by atoms with Crippen LogP contribution in [0.25, 0.3) is 0 Å². The van der Waals surface area contributed by atoms with Gasteiger partial charge in [-0.05, 0) is 6.92 Å². The number of aromatic nitrogens is 2. The Kier molecular flexibility index (Phi) is 1.77. The van der Waals surface area contributed by atoms with E-state index in [-0.39, 0.29) is 0 Å². The van der Waals surface area contributed by atoms with E-state index in [9.17, 15) is 9.59 Å². The summed E-state index contributed by atoms with van der Waals surface area (Å²) in [5.41, 5.74) is 0.774. The molecule has 3 N–H and O–H groups in total. The molecule has 0 fully saturated rings. The van der Waals surface area contributed by atoms with Gasteiger partial charge in [-0.15, -0.1) is 0 Å². The number of H-pyrrole nitrogens is 1. The normalized spacial score (nSPS) is 9.64. The molecule has 1 aromatic rings. The zero-order valence-electron chi connectivity index (χ0n) is 5.79. The Balaban J connectivity index is 3.45. The fourth-order valence-corrected chi connectivity index (χ4v) is 0.641. The van der Waals surface area contributed by atoms with Crippen LogP contribution in [-0.4, -0.2) is 14.9 Å². The van der Waals surface area contributed by atoms with E-state index in [1.165, 1.54) is 13.1 Å². The van der Waals surface area contributed by atoms with E-state index in [4.69, 9.17) is 5.21 Å². The Morgan fingerprint density at radius 3 is 2.82 bits per heavy atom. The van der Waals surface area contributed by atoms with Gasteiger partial charge in [0.25, 0.3) is 5.56 Å². The van der Waals surface area contributed by atoms with Crippen molar-refractivity contribution in [2.75, 3.05) is 5.59 Å². The molecule has 1 heterocycles. The van der Waals surface area contributed by atoms with E-state index in [1.54, 1.807) is 5.59 Å². The highest BCUT2D eigenvalue weighted by molar-refractivity contribution is 5.00. The van der Waals surface area contributed by atoms with Gasteiger partial charge >= 0.3 is 5.69 Å². The maximum atomic E-state index is 10.7. The maximum Gasteiger partial charge on any atom is 0.348 e. The second kappa shape index (κ2) is 2.59. The number of hydrogen-bond donors (Lipinski definition) is 3. The smallest absolute Gasteiger partial charge is 0.275 e. The molecule has 0 radical (unpaired) electrons. The van der Waals surface area contributed by atoms with Crippen molar-refractivity contribution in [1.82, 2.24) is 9.66 Å². The van der Waals surface area contributed by atoms with Crippen molar-refractivity contribution in [3.05, 3.63) is 32.6 Å². The number of aromatic amines is 1. The summed E-state index contributed by atoms with van der Waals surface area (Å²) in [4.78, 5) is 23.4. The topological polar surface area (TPSA) is 87.1 Å². The quantitative estimate of drug-likeness (QED) is 0.446. The lowest BCUT2D eigenvalue weighted by Gasteiger charge is -2.00. The van der Waals surface area contributed by atoms with Crippen molar-refractivity contribution in [2.45, 2.75) is 6.92 Å². The van der Waals surface area contributed by atoms with Crippen molar-refractivity contribution in [3.63, 3.8) is 0 Å². The van der Waals surface area contributed by atoms with E-state index in [0.717, 1.165) is 4.68 Å². The zero-order chi connectivity index (χ0) is 8.43. The van der Waals surface area contributed by atoms with Crippen molar-refractivity contribution in [1.29, 1.82) is 0 Å². The zero-order valence-corrected chi connectivity index (χ0v) is 5.79.